The Balaban J connectivity index is 1.28. The summed E-state index contributed by atoms with van der Waals surface area (Å²) in [4.78, 5) is 18.2. The number of carboxylic acids is 1. The summed E-state index contributed by atoms with van der Waals surface area (Å²) < 4.78 is 7.70. The van der Waals surface area contributed by atoms with Crippen molar-refractivity contribution in [3.8, 4) is 23.0 Å². The lowest BCUT2D eigenvalue weighted by molar-refractivity contribution is -0.138. The molecule has 1 N–H and O–H groups in total. The Hall–Kier alpha value is -3.00. The van der Waals surface area contributed by atoms with Crippen LogP contribution in [0.3, 0.4) is 0 Å². The Labute approximate surface area is 219 Å². The summed E-state index contributed by atoms with van der Waals surface area (Å²) in [5.41, 5.74) is 8.42. The second-order valence-corrected chi connectivity index (χ2v) is 11.9. The first kappa shape index (κ1) is 25.6. The number of aliphatic carboxylic acids is 1. The molecule has 5 rings (SSSR count). The Morgan fingerprint density at radius 3 is 2.57 bits per heavy atom. The normalized spacial score (nSPS) is 18.2. The van der Waals surface area contributed by atoms with E-state index in [1.54, 1.807) is 0 Å². The lowest BCUT2D eigenvalue weighted by Crippen LogP contribution is -2.35. The number of rotatable bonds is 7. The maximum Gasteiger partial charge on any atom is 0.303 e. The quantitative estimate of drug-likeness (QED) is 0.483. The van der Waals surface area contributed by atoms with Crippen LogP contribution in [-0.2, 0) is 31.1 Å². The molecule has 2 aliphatic rings. The molecular formula is C29H39N5O3. The van der Waals surface area contributed by atoms with Crippen molar-refractivity contribution in [3.63, 3.8) is 0 Å². The minimum Gasteiger partial charge on any atom is -0.481 e. The molecule has 0 unspecified atom stereocenters. The van der Waals surface area contributed by atoms with E-state index in [-0.39, 0.29) is 5.41 Å². The molecule has 0 saturated carbocycles. The van der Waals surface area contributed by atoms with Crippen LogP contribution in [0.1, 0.15) is 67.5 Å². The maximum absolute atomic E-state index is 11.0. The van der Waals surface area contributed by atoms with Crippen LogP contribution >= 0.6 is 0 Å². The molecule has 3 aromatic rings. The number of likely N-dealkylation sites (tertiary alicyclic amines) is 1. The number of benzene rings is 1. The highest BCUT2D eigenvalue weighted by atomic mass is 16.5. The molecule has 1 fully saturated rings. The standard InChI is InChI=1S/C29H39N5O3/c1-18-14-21(15-19(2)22(18)9-13-34-11-7-20(8-12-34)16-25(35)36)27-30-28(37-32-27)26-23-6-10-29(3,4)17-24(23)33(5)31-26/h14-15,20H,6-13,16-17H2,1-5H3,(H,35,36). The van der Waals surface area contributed by atoms with Crippen molar-refractivity contribution >= 4 is 5.97 Å². The van der Waals surface area contributed by atoms with Gasteiger partial charge in [-0.25, -0.2) is 0 Å². The van der Waals surface area contributed by atoms with E-state index in [4.69, 9.17) is 19.7 Å². The Bertz CT molecular complexity index is 1270. The molecule has 3 heterocycles. The van der Waals surface area contributed by atoms with Crippen LogP contribution in [0.25, 0.3) is 23.0 Å². The van der Waals surface area contributed by atoms with E-state index in [1.807, 2.05) is 11.7 Å². The zero-order chi connectivity index (χ0) is 26.3. The number of fused-ring (bicyclic) bond motifs is 1. The first-order valence-electron chi connectivity index (χ1n) is 13.5. The number of hydrogen-bond acceptors (Lipinski definition) is 6. The summed E-state index contributed by atoms with van der Waals surface area (Å²) in [6, 6.07) is 4.32. The first-order chi connectivity index (χ1) is 17.6. The number of carbonyl (C=O) groups is 1. The summed E-state index contributed by atoms with van der Waals surface area (Å²) in [6.07, 6.45) is 6.34. The van der Waals surface area contributed by atoms with Gasteiger partial charge < -0.3 is 14.5 Å². The van der Waals surface area contributed by atoms with Crippen molar-refractivity contribution in [2.24, 2.45) is 18.4 Å². The van der Waals surface area contributed by atoms with Crippen molar-refractivity contribution in [1.82, 2.24) is 24.8 Å². The molecule has 8 nitrogen and oxygen atoms in total. The monoisotopic (exact) mass is 505 g/mol. The molecule has 0 spiro atoms. The fourth-order valence-corrected chi connectivity index (χ4v) is 6.15. The van der Waals surface area contributed by atoms with Crippen LogP contribution in [0, 0.1) is 25.2 Å². The highest BCUT2D eigenvalue weighted by Crippen LogP contribution is 2.38. The van der Waals surface area contributed by atoms with Crippen LogP contribution < -0.4 is 0 Å². The highest BCUT2D eigenvalue weighted by Gasteiger charge is 2.32. The van der Waals surface area contributed by atoms with Gasteiger partial charge in [-0.05, 0) is 106 Å². The summed E-state index contributed by atoms with van der Waals surface area (Å²) >= 11 is 0. The van der Waals surface area contributed by atoms with Crippen molar-refractivity contribution in [1.29, 1.82) is 0 Å². The number of aryl methyl sites for hydroxylation is 3. The predicted octanol–water partition coefficient (Wildman–Crippen LogP) is 5.00. The Morgan fingerprint density at radius 1 is 1.19 bits per heavy atom. The molecule has 1 aliphatic heterocycles. The third-order valence-corrected chi connectivity index (χ3v) is 8.40. The van der Waals surface area contributed by atoms with E-state index in [0.29, 0.717) is 24.1 Å². The lowest BCUT2D eigenvalue weighted by atomic mass is 9.76. The van der Waals surface area contributed by atoms with Crippen molar-refractivity contribution in [2.45, 2.75) is 72.6 Å². The molecule has 1 aliphatic carbocycles. The van der Waals surface area contributed by atoms with Gasteiger partial charge in [-0.15, -0.1) is 0 Å². The molecule has 8 heteroatoms. The molecule has 1 saturated heterocycles. The number of piperidine rings is 1. The fraction of sp³-hybridized carbons (Fsp3) is 0.586. The maximum atomic E-state index is 11.0. The van der Waals surface area contributed by atoms with Crippen LogP contribution in [0.15, 0.2) is 16.7 Å². The van der Waals surface area contributed by atoms with E-state index < -0.39 is 5.97 Å². The second-order valence-electron chi connectivity index (χ2n) is 11.9. The van der Waals surface area contributed by atoms with Gasteiger partial charge in [-0.2, -0.15) is 10.1 Å². The van der Waals surface area contributed by atoms with Crippen LogP contribution in [0.5, 0.6) is 0 Å². The fourth-order valence-electron chi connectivity index (χ4n) is 6.15. The summed E-state index contributed by atoms with van der Waals surface area (Å²) in [5.74, 6) is 0.739. The van der Waals surface area contributed by atoms with E-state index >= 15 is 0 Å². The van der Waals surface area contributed by atoms with Gasteiger partial charge in [0.1, 0.15) is 0 Å². The minimum absolute atomic E-state index is 0.283. The van der Waals surface area contributed by atoms with Gasteiger partial charge in [0.05, 0.1) is 0 Å². The van der Waals surface area contributed by atoms with Gasteiger partial charge in [0.2, 0.25) is 5.82 Å². The van der Waals surface area contributed by atoms with Gasteiger partial charge in [0.25, 0.3) is 5.89 Å². The number of carboxylic acid groups (broad SMARTS) is 1. The molecule has 1 aromatic carbocycles. The SMILES string of the molecule is Cc1cc(-c2noc(-c3nn(C)c4c3CCC(C)(C)C4)n2)cc(C)c1CCN1CCC(CC(=O)O)CC1. The van der Waals surface area contributed by atoms with E-state index in [1.165, 1.54) is 27.9 Å². The predicted molar refractivity (Wildman–Crippen MR) is 142 cm³/mol. The average molecular weight is 506 g/mol. The van der Waals surface area contributed by atoms with Gasteiger partial charge >= 0.3 is 5.97 Å². The van der Waals surface area contributed by atoms with Crippen molar-refractivity contribution < 1.29 is 14.4 Å². The van der Waals surface area contributed by atoms with Gasteiger partial charge in [-0.1, -0.05) is 19.0 Å². The molecular weight excluding hydrogens is 466 g/mol. The second kappa shape index (κ2) is 10.0. The van der Waals surface area contributed by atoms with Crippen molar-refractivity contribution in [2.75, 3.05) is 19.6 Å². The summed E-state index contributed by atoms with van der Waals surface area (Å²) in [5, 5.41) is 18.1. The highest BCUT2D eigenvalue weighted by molar-refractivity contribution is 5.67. The van der Waals surface area contributed by atoms with Gasteiger partial charge in [-0.3, -0.25) is 9.48 Å². The number of aromatic nitrogens is 4. The first-order valence-corrected chi connectivity index (χ1v) is 13.5. The van der Waals surface area contributed by atoms with Crippen LogP contribution in [-0.4, -0.2) is 55.5 Å². The van der Waals surface area contributed by atoms with Crippen molar-refractivity contribution in [3.05, 3.63) is 40.1 Å². The molecule has 198 valence electrons. The van der Waals surface area contributed by atoms with Gasteiger partial charge in [0, 0.05) is 36.8 Å². The van der Waals surface area contributed by atoms with E-state index in [0.717, 1.165) is 69.4 Å². The zero-order valence-electron chi connectivity index (χ0n) is 22.8. The Morgan fingerprint density at radius 2 is 1.89 bits per heavy atom. The van der Waals surface area contributed by atoms with E-state index in [9.17, 15) is 4.79 Å². The smallest absolute Gasteiger partial charge is 0.303 e. The molecule has 37 heavy (non-hydrogen) atoms. The summed E-state index contributed by atoms with van der Waals surface area (Å²) in [7, 11) is 2.00. The Kier molecular flexibility index (Phi) is 6.96. The molecule has 0 bridgehead atoms. The van der Waals surface area contributed by atoms with Crippen LogP contribution in [0.2, 0.25) is 0 Å². The van der Waals surface area contributed by atoms with Crippen LogP contribution in [0.4, 0.5) is 0 Å². The molecule has 0 radical (unpaired) electrons. The summed E-state index contributed by atoms with van der Waals surface area (Å²) in [6.45, 7) is 11.9. The van der Waals surface area contributed by atoms with Gasteiger partial charge in [0.15, 0.2) is 5.69 Å². The molecule has 0 atom stereocenters. The lowest BCUT2D eigenvalue weighted by Gasteiger charge is -2.31. The van der Waals surface area contributed by atoms with E-state index in [2.05, 4.69) is 49.9 Å². The third kappa shape index (κ3) is 5.49. The topological polar surface area (TPSA) is 97.3 Å². The molecule has 2 aromatic heterocycles. The average Bonchev–Trinajstić information content (AvgIpc) is 3.43. The molecule has 0 amide bonds. The number of nitrogens with zero attached hydrogens (tertiary/aromatic N) is 5. The largest absolute Gasteiger partial charge is 0.481 e. The zero-order valence-corrected chi connectivity index (χ0v) is 22.8. The third-order valence-electron chi connectivity index (χ3n) is 8.40. The minimum atomic E-state index is -0.679. The number of hydrogen-bond donors (Lipinski definition) is 1.